The normalized spacial score (nSPS) is 20.1. The second-order valence-corrected chi connectivity index (χ2v) is 3.53. The lowest BCUT2D eigenvalue weighted by Gasteiger charge is -2.08. The highest BCUT2D eigenvalue weighted by molar-refractivity contribution is 5.91. The molecule has 1 saturated heterocycles. The van der Waals surface area contributed by atoms with Gasteiger partial charge in [-0.3, -0.25) is 9.78 Å². The Hall–Kier alpha value is -1.49. The monoisotopic (exact) mass is 207 g/mol. The molecule has 1 atom stereocenters. The Kier molecular flexibility index (Phi) is 3.24. The van der Waals surface area contributed by atoms with Crippen LogP contribution < -0.4 is 5.32 Å². The Morgan fingerprint density at radius 3 is 3.20 bits per heavy atom. The first-order valence-corrected chi connectivity index (χ1v) is 4.98. The smallest absolute Gasteiger partial charge is 0.271 e. The van der Waals surface area contributed by atoms with Crippen molar-refractivity contribution in [3.05, 3.63) is 24.3 Å². The fourth-order valence-electron chi connectivity index (χ4n) is 1.49. The molecule has 0 saturated carbocycles. The van der Waals surface area contributed by atoms with Crippen LogP contribution in [0.15, 0.2) is 18.6 Å². The van der Waals surface area contributed by atoms with Crippen LogP contribution in [0.1, 0.15) is 16.9 Å². The van der Waals surface area contributed by atoms with Crippen molar-refractivity contribution in [1.82, 2.24) is 15.3 Å². The summed E-state index contributed by atoms with van der Waals surface area (Å²) in [6, 6.07) is 0. The predicted molar refractivity (Wildman–Crippen MR) is 53.3 cm³/mol. The molecule has 2 rings (SSSR count). The van der Waals surface area contributed by atoms with Crippen molar-refractivity contribution in [2.75, 3.05) is 19.8 Å². The van der Waals surface area contributed by atoms with Crippen molar-refractivity contribution in [2.24, 2.45) is 5.92 Å². The molecule has 0 radical (unpaired) electrons. The maximum absolute atomic E-state index is 11.5. The SMILES string of the molecule is O=C(NC[C@H]1CCOC1)c1cnccn1. The van der Waals surface area contributed by atoms with E-state index in [1.165, 1.54) is 12.4 Å². The van der Waals surface area contributed by atoms with Crippen LogP contribution in [0.3, 0.4) is 0 Å². The number of ether oxygens (including phenoxy) is 1. The number of hydrogen-bond acceptors (Lipinski definition) is 4. The largest absolute Gasteiger partial charge is 0.381 e. The summed E-state index contributed by atoms with van der Waals surface area (Å²) in [5.74, 6) is 0.264. The fourth-order valence-corrected chi connectivity index (χ4v) is 1.49. The number of rotatable bonds is 3. The van der Waals surface area contributed by atoms with E-state index in [1.807, 2.05) is 0 Å². The summed E-state index contributed by atoms with van der Waals surface area (Å²) in [6.07, 6.45) is 5.52. The molecule has 0 spiro atoms. The zero-order chi connectivity index (χ0) is 10.5. The quantitative estimate of drug-likeness (QED) is 0.771. The summed E-state index contributed by atoms with van der Waals surface area (Å²) in [5.41, 5.74) is 0.358. The summed E-state index contributed by atoms with van der Waals surface area (Å²) in [4.78, 5) is 19.3. The maximum atomic E-state index is 11.5. The van der Waals surface area contributed by atoms with Gasteiger partial charge in [0.1, 0.15) is 5.69 Å². The van der Waals surface area contributed by atoms with Crippen LogP contribution in [-0.4, -0.2) is 35.6 Å². The lowest BCUT2D eigenvalue weighted by atomic mass is 10.1. The minimum absolute atomic E-state index is 0.171. The lowest BCUT2D eigenvalue weighted by Crippen LogP contribution is -2.30. The van der Waals surface area contributed by atoms with Crippen LogP contribution in [0.25, 0.3) is 0 Å². The average molecular weight is 207 g/mol. The number of aromatic nitrogens is 2. The Labute approximate surface area is 87.9 Å². The fraction of sp³-hybridized carbons (Fsp3) is 0.500. The Morgan fingerprint density at radius 1 is 1.60 bits per heavy atom. The third-order valence-corrected chi connectivity index (χ3v) is 2.37. The standard InChI is InChI=1S/C10H13N3O2/c14-10(9-6-11-2-3-12-9)13-5-8-1-4-15-7-8/h2-3,6,8H,1,4-5,7H2,(H,13,14)/t8-/m1/s1. The van der Waals surface area contributed by atoms with Crippen molar-refractivity contribution >= 4 is 5.91 Å². The van der Waals surface area contributed by atoms with Crippen LogP contribution in [-0.2, 0) is 4.74 Å². The summed E-state index contributed by atoms with van der Waals surface area (Å²) in [7, 11) is 0. The van der Waals surface area contributed by atoms with Crippen molar-refractivity contribution in [1.29, 1.82) is 0 Å². The van der Waals surface area contributed by atoms with Gasteiger partial charge in [0, 0.05) is 31.5 Å². The van der Waals surface area contributed by atoms with Gasteiger partial charge < -0.3 is 10.1 Å². The first-order valence-electron chi connectivity index (χ1n) is 4.98. The van der Waals surface area contributed by atoms with Gasteiger partial charge in [-0.05, 0) is 6.42 Å². The number of nitrogens with zero attached hydrogens (tertiary/aromatic N) is 2. The highest BCUT2D eigenvalue weighted by atomic mass is 16.5. The van der Waals surface area contributed by atoms with Gasteiger partial charge in [-0.2, -0.15) is 0 Å². The van der Waals surface area contributed by atoms with Gasteiger partial charge in [0.2, 0.25) is 0 Å². The molecule has 0 aliphatic carbocycles. The second kappa shape index (κ2) is 4.84. The first-order chi connectivity index (χ1) is 7.36. The second-order valence-electron chi connectivity index (χ2n) is 3.53. The zero-order valence-electron chi connectivity index (χ0n) is 8.35. The van der Waals surface area contributed by atoms with Crippen LogP contribution in [0.5, 0.6) is 0 Å². The molecule has 1 amide bonds. The molecule has 1 N–H and O–H groups in total. The van der Waals surface area contributed by atoms with Crippen LogP contribution in [0, 0.1) is 5.92 Å². The van der Waals surface area contributed by atoms with Gasteiger partial charge in [0.05, 0.1) is 12.8 Å². The van der Waals surface area contributed by atoms with Crippen molar-refractivity contribution < 1.29 is 9.53 Å². The van der Waals surface area contributed by atoms with Gasteiger partial charge in [-0.1, -0.05) is 0 Å². The van der Waals surface area contributed by atoms with E-state index < -0.39 is 0 Å². The zero-order valence-corrected chi connectivity index (χ0v) is 8.35. The predicted octanol–water partition coefficient (Wildman–Crippen LogP) is 0.243. The minimum Gasteiger partial charge on any atom is -0.381 e. The van der Waals surface area contributed by atoms with E-state index in [0.29, 0.717) is 18.2 Å². The topological polar surface area (TPSA) is 64.1 Å². The van der Waals surface area contributed by atoms with E-state index >= 15 is 0 Å². The number of amides is 1. The summed E-state index contributed by atoms with van der Waals surface area (Å²) in [5, 5.41) is 2.82. The third-order valence-electron chi connectivity index (χ3n) is 2.37. The summed E-state index contributed by atoms with van der Waals surface area (Å²) >= 11 is 0. The number of carbonyl (C=O) groups is 1. The average Bonchev–Trinajstić information content (AvgIpc) is 2.80. The molecular formula is C10H13N3O2. The molecule has 0 unspecified atom stereocenters. The van der Waals surface area contributed by atoms with Crippen molar-refractivity contribution in [3.63, 3.8) is 0 Å². The molecule has 80 valence electrons. The molecule has 0 aromatic carbocycles. The van der Waals surface area contributed by atoms with E-state index in [9.17, 15) is 4.79 Å². The van der Waals surface area contributed by atoms with Crippen molar-refractivity contribution in [3.8, 4) is 0 Å². The van der Waals surface area contributed by atoms with Gasteiger partial charge in [0.25, 0.3) is 5.91 Å². The van der Waals surface area contributed by atoms with Crippen LogP contribution >= 0.6 is 0 Å². The van der Waals surface area contributed by atoms with Gasteiger partial charge in [-0.15, -0.1) is 0 Å². The molecular weight excluding hydrogens is 194 g/mol. The summed E-state index contributed by atoms with van der Waals surface area (Å²) in [6.45, 7) is 2.18. The lowest BCUT2D eigenvalue weighted by molar-refractivity contribution is 0.0939. The minimum atomic E-state index is -0.171. The molecule has 0 bridgehead atoms. The molecule has 2 heterocycles. The van der Waals surface area contributed by atoms with E-state index in [2.05, 4.69) is 15.3 Å². The molecule has 1 aromatic rings. The summed E-state index contributed by atoms with van der Waals surface area (Å²) < 4.78 is 5.22. The van der Waals surface area contributed by atoms with E-state index in [0.717, 1.165) is 19.6 Å². The highest BCUT2D eigenvalue weighted by Gasteiger charge is 2.16. The van der Waals surface area contributed by atoms with E-state index in [-0.39, 0.29) is 5.91 Å². The van der Waals surface area contributed by atoms with E-state index in [4.69, 9.17) is 4.74 Å². The van der Waals surface area contributed by atoms with E-state index in [1.54, 1.807) is 6.20 Å². The Balaban J connectivity index is 1.82. The van der Waals surface area contributed by atoms with Crippen molar-refractivity contribution in [2.45, 2.75) is 6.42 Å². The first kappa shape index (κ1) is 10.0. The molecule has 5 nitrogen and oxygen atoms in total. The van der Waals surface area contributed by atoms with Gasteiger partial charge >= 0.3 is 0 Å². The number of nitrogens with one attached hydrogen (secondary N) is 1. The number of hydrogen-bond donors (Lipinski definition) is 1. The highest BCUT2D eigenvalue weighted by Crippen LogP contribution is 2.10. The Morgan fingerprint density at radius 2 is 2.53 bits per heavy atom. The molecule has 15 heavy (non-hydrogen) atoms. The van der Waals surface area contributed by atoms with Crippen LogP contribution in [0.2, 0.25) is 0 Å². The molecule has 1 aliphatic heterocycles. The Bertz CT molecular complexity index is 323. The van der Waals surface area contributed by atoms with Gasteiger partial charge in [-0.25, -0.2) is 4.98 Å². The third kappa shape index (κ3) is 2.73. The van der Waals surface area contributed by atoms with Crippen LogP contribution in [0.4, 0.5) is 0 Å². The molecule has 1 aliphatic rings. The molecule has 5 heteroatoms. The number of carbonyl (C=O) groups excluding carboxylic acids is 1. The maximum Gasteiger partial charge on any atom is 0.271 e. The molecule has 1 aromatic heterocycles. The van der Waals surface area contributed by atoms with Gasteiger partial charge in [0.15, 0.2) is 0 Å². The molecule has 1 fully saturated rings.